The van der Waals surface area contributed by atoms with Crippen molar-refractivity contribution in [2.75, 3.05) is 0 Å². The molecule has 7 aromatic carbocycles. The predicted octanol–water partition coefficient (Wildman–Crippen LogP) is 10.6. The van der Waals surface area contributed by atoms with Gasteiger partial charge in [0, 0.05) is 39.7 Å². The third kappa shape index (κ3) is 4.67. The van der Waals surface area contributed by atoms with Crippen LogP contribution in [0.4, 0.5) is 0 Å². The molecule has 0 amide bonds. The monoisotopic (exact) mass is 628 g/mol. The van der Waals surface area contributed by atoms with Crippen LogP contribution in [0, 0.1) is 0 Å². The number of nitrogens with one attached hydrogen (secondary N) is 1. The molecule has 10 rings (SSSR count). The van der Waals surface area contributed by atoms with Crippen LogP contribution in [-0.2, 0) is 0 Å². The first-order chi connectivity index (χ1) is 24.2. The molecule has 1 N–H and O–H groups in total. The van der Waals surface area contributed by atoms with Crippen LogP contribution in [0.15, 0.2) is 172 Å². The summed E-state index contributed by atoms with van der Waals surface area (Å²) < 4.78 is 6.39. The van der Waals surface area contributed by atoms with Gasteiger partial charge in [-0.1, -0.05) is 109 Å². The number of hydrogen-bond acceptors (Lipinski definition) is 5. The number of benzene rings is 7. The lowest BCUT2D eigenvalue weighted by molar-refractivity contribution is 0.669. The summed E-state index contributed by atoms with van der Waals surface area (Å²) in [4.78, 5) is 14.5. The van der Waals surface area contributed by atoms with Gasteiger partial charge in [-0.2, -0.15) is 0 Å². The highest BCUT2D eigenvalue weighted by atomic mass is 16.3. The lowest BCUT2D eigenvalue weighted by atomic mass is 9.93. The molecule has 9 aromatic rings. The highest BCUT2D eigenvalue weighted by molar-refractivity contribution is 6.18. The number of hydrogen-bond donors (Lipinski definition) is 1. The number of aromatic nitrogens is 1. The maximum absolute atomic E-state index is 6.39. The molecule has 230 valence electrons. The summed E-state index contributed by atoms with van der Waals surface area (Å²) in [5, 5.41) is 12.8. The lowest BCUT2D eigenvalue weighted by Gasteiger charge is -2.24. The predicted molar refractivity (Wildman–Crippen MR) is 201 cm³/mol. The van der Waals surface area contributed by atoms with Gasteiger partial charge in [0.2, 0.25) is 0 Å². The van der Waals surface area contributed by atoms with E-state index in [-0.39, 0.29) is 6.17 Å². The second-order valence-electron chi connectivity index (χ2n) is 12.5. The van der Waals surface area contributed by atoms with Crippen molar-refractivity contribution in [1.82, 2.24) is 10.3 Å². The fraction of sp³-hybridized carbons (Fsp3) is 0.0227. The first-order valence-corrected chi connectivity index (χ1v) is 16.4. The molecule has 1 atom stereocenters. The molecule has 0 radical (unpaired) electrons. The Labute approximate surface area is 281 Å². The van der Waals surface area contributed by atoms with Gasteiger partial charge in [0.1, 0.15) is 23.2 Å². The SMILES string of the molecule is c1ccc(C2=NC(c3ccc4ccccc4c3)NC(c3ccc4c(-c5cccc6oc7cc8cnccc8cc7c56)cccc4c3)=N2)cc1. The van der Waals surface area contributed by atoms with E-state index >= 15 is 0 Å². The van der Waals surface area contributed by atoms with Crippen LogP contribution in [0.5, 0.6) is 0 Å². The normalized spacial score (nSPS) is 14.7. The number of pyridine rings is 1. The molecule has 1 aliphatic rings. The zero-order chi connectivity index (χ0) is 32.3. The first kappa shape index (κ1) is 27.5. The van der Waals surface area contributed by atoms with Crippen LogP contribution < -0.4 is 5.32 Å². The third-order valence-electron chi connectivity index (χ3n) is 9.56. The molecule has 1 unspecified atom stereocenters. The van der Waals surface area contributed by atoms with E-state index in [1.807, 2.05) is 30.6 Å². The molecule has 5 nitrogen and oxygen atoms in total. The molecule has 0 bridgehead atoms. The summed E-state index contributed by atoms with van der Waals surface area (Å²) in [7, 11) is 0. The Balaban J connectivity index is 1.09. The van der Waals surface area contributed by atoms with Crippen molar-refractivity contribution in [2.24, 2.45) is 9.98 Å². The molecule has 0 spiro atoms. The van der Waals surface area contributed by atoms with E-state index in [9.17, 15) is 0 Å². The van der Waals surface area contributed by atoms with Gasteiger partial charge in [0.15, 0.2) is 5.84 Å². The van der Waals surface area contributed by atoms with E-state index < -0.39 is 0 Å². The molecule has 0 fully saturated rings. The van der Waals surface area contributed by atoms with Crippen molar-refractivity contribution in [3.05, 3.63) is 175 Å². The van der Waals surface area contributed by atoms with Gasteiger partial charge >= 0.3 is 0 Å². The van der Waals surface area contributed by atoms with Gasteiger partial charge in [-0.3, -0.25) is 4.98 Å². The quantitative estimate of drug-likeness (QED) is 0.211. The minimum atomic E-state index is -0.284. The van der Waals surface area contributed by atoms with Gasteiger partial charge < -0.3 is 9.73 Å². The van der Waals surface area contributed by atoms with Crippen LogP contribution in [0.2, 0.25) is 0 Å². The highest BCUT2D eigenvalue weighted by Crippen LogP contribution is 2.40. The highest BCUT2D eigenvalue weighted by Gasteiger charge is 2.22. The van der Waals surface area contributed by atoms with Crippen LogP contribution in [0.3, 0.4) is 0 Å². The molecule has 3 heterocycles. The minimum Gasteiger partial charge on any atom is -0.456 e. The second-order valence-corrected chi connectivity index (χ2v) is 12.5. The molecular weight excluding hydrogens is 601 g/mol. The number of fused-ring (bicyclic) bond motifs is 6. The van der Waals surface area contributed by atoms with Crippen molar-refractivity contribution in [2.45, 2.75) is 6.17 Å². The number of amidine groups is 2. The van der Waals surface area contributed by atoms with E-state index in [0.29, 0.717) is 5.84 Å². The molecule has 0 saturated carbocycles. The van der Waals surface area contributed by atoms with Gasteiger partial charge in [0.05, 0.1) is 0 Å². The number of furan rings is 1. The van der Waals surface area contributed by atoms with E-state index in [1.54, 1.807) is 0 Å². The third-order valence-corrected chi connectivity index (χ3v) is 9.56. The second kappa shape index (κ2) is 11.0. The molecular formula is C44H28N4O. The number of aliphatic imine (C=N–C) groups is 2. The standard InChI is InChI=1S/C44H28N4O/c1-2-9-28(10-3-1)42-46-43(32-17-16-27-8-4-5-11-29(27)22-32)48-44(47-42)33-18-19-35-31(23-33)12-6-13-36(35)37-14-7-15-39-41(37)38-24-30-20-21-45-26-34(30)25-40(38)49-39/h1-26,43H,(H,46,47,48). The summed E-state index contributed by atoms with van der Waals surface area (Å²) in [5.41, 5.74) is 7.12. The maximum atomic E-state index is 6.39. The number of rotatable bonds is 4. The Morgan fingerprint density at radius 2 is 1.35 bits per heavy atom. The Morgan fingerprint density at radius 1 is 0.531 bits per heavy atom. The smallest absolute Gasteiger partial charge is 0.159 e. The Morgan fingerprint density at radius 3 is 2.29 bits per heavy atom. The molecule has 1 aliphatic heterocycles. The Kier molecular flexibility index (Phi) is 6.18. The molecule has 5 heteroatoms. The van der Waals surface area contributed by atoms with Gasteiger partial charge in [0.25, 0.3) is 0 Å². The van der Waals surface area contributed by atoms with Crippen molar-refractivity contribution in [3.63, 3.8) is 0 Å². The Hall–Kier alpha value is -6.59. The van der Waals surface area contributed by atoms with Gasteiger partial charge in [-0.15, -0.1) is 0 Å². The van der Waals surface area contributed by atoms with Crippen LogP contribution >= 0.6 is 0 Å². The lowest BCUT2D eigenvalue weighted by Crippen LogP contribution is -2.33. The molecule has 2 aromatic heterocycles. The average molecular weight is 629 g/mol. The largest absolute Gasteiger partial charge is 0.456 e. The summed E-state index contributed by atoms with van der Waals surface area (Å²) in [5.74, 6) is 1.51. The summed E-state index contributed by atoms with van der Waals surface area (Å²) in [6, 6.07) is 51.0. The topological polar surface area (TPSA) is 62.8 Å². The summed E-state index contributed by atoms with van der Waals surface area (Å²) >= 11 is 0. The summed E-state index contributed by atoms with van der Waals surface area (Å²) in [6.07, 6.45) is 3.44. The fourth-order valence-electron chi connectivity index (χ4n) is 7.16. The Bertz CT molecular complexity index is 2810. The first-order valence-electron chi connectivity index (χ1n) is 16.4. The average Bonchev–Trinajstić information content (AvgIpc) is 3.54. The number of nitrogens with zero attached hydrogens (tertiary/aromatic N) is 3. The van der Waals surface area contributed by atoms with Gasteiger partial charge in [-0.25, -0.2) is 9.98 Å². The molecule has 49 heavy (non-hydrogen) atoms. The van der Waals surface area contributed by atoms with E-state index in [1.165, 1.54) is 10.8 Å². The van der Waals surface area contributed by atoms with Crippen LogP contribution in [-0.4, -0.2) is 16.7 Å². The molecule has 0 aliphatic carbocycles. The summed E-state index contributed by atoms with van der Waals surface area (Å²) in [6.45, 7) is 0. The fourth-order valence-corrected chi connectivity index (χ4v) is 7.16. The van der Waals surface area contributed by atoms with Gasteiger partial charge in [-0.05, 0) is 80.0 Å². The van der Waals surface area contributed by atoms with Crippen LogP contribution in [0.1, 0.15) is 22.9 Å². The van der Waals surface area contributed by atoms with E-state index in [0.717, 1.165) is 77.1 Å². The zero-order valence-electron chi connectivity index (χ0n) is 26.3. The van der Waals surface area contributed by atoms with Crippen molar-refractivity contribution in [1.29, 1.82) is 0 Å². The minimum absolute atomic E-state index is 0.284. The maximum Gasteiger partial charge on any atom is 0.159 e. The van der Waals surface area contributed by atoms with Crippen molar-refractivity contribution >= 4 is 65.9 Å². The zero-order valence-corrected chi connectivity index (χ0v) is 26.3. The van der Waals surface area contributed by atoms with Crippen molar-refractivity contribution < 1.29 is 4.42 Å². The molecule has 0 saturated heterocycles. The van der Waals surface area contributed by atoms with Crippen molar-refractivity contribution in [3.8, 4) is 11.1 Å². The van der Waals surface area contributed by atoms with E-state index in [2.05, 4.69) is 138 Å². The van der Waals surface area contributed by atoms with E-state index in [4.69, 9.17) is 14.4 Å². The van der Waals surface area contributed by atoms with Crippen LogP contribution in [0.25, 0.3) is 65.4 Å².